The highest BCUT2D eigenvalue weighted by Gasteiger charge is 2.26. The number of hydrogen-bond acceptors (Lipinski definition) is 5. The lowest BCUT2D eigenvalue weighted by Gasteiger charge is -2.30. The molecule has 0 aliphatic carbocycles. The summed E-state index contributed by atoms with van der Waals surface area (Å²) in [7, 11) is 0. The smallest absolute Gasteiger partial charge is 0.224 e. The molecule has 3 heterocycles. The van der Waals surface area contributed by atoms with Gasteiger partial charge in [-0.05, 0) is 44.9 Å². The van der Waals surface area contributed by atoms with Crippen LogP contribution in [0.5, 0.6) is 0 Å². The van der Waals surface area contributed by atoms with E-state index in [2.05, 4.69) is 26.0 Å². The van der Waals surface area contributed by atoms with Crippen LogP contribution in [0, 0.1) is 13.8 Å². The molecule has 0 aromatic carbocycles. The Bertz CT molecular complexity index is 817. The fourth-order valence-electron chi connectivity index (χ4n) is 3.32. The number of pyridine rings is 1. The van der Waals surface area contributed by atoms with Crippen LogP contribution in [0.15, 0.2) is 24.4 Å². The van der Waals surface area contributed by atoms with Gasteiger partial charge in [-0.1, -0.05) is 6.07 Å². The number of amides is 2. The summed E-state index contributed by atoms with van der Waals surface area (Å²) in [5, 5.41) is 13.7. The number of aromatic nitrogens is 3. The van der Waals surface area contributed by atoms with Crippen molar-refractivity contribution >= 4 is 11.8 Å². The minimum Gasteiger partial charge on any atom is -0.350 e. The first kappa shape index (κ1) is 19.0. The van der Waals surface area contributed by atoms with Crippen LogP contribution in [0.2, 0.25) is 0 Å². The first-order chi connectivity index (χ1) is 12.9. The van der Waals surface area contributed by atoms with Crippen molar-refractivity contribution in [3.05, 3.63) is 47.0 Å². The monoisotopic (exact) mass is 370 g/mol. The Morgan fingerprint density at radius 1 is 1.37 bits per heavy atom. The third kappa shape index (κ3) is 4.71. The summed E-state index contributed by atoms with van der Waals surface area (Å²) in [6.07, 6.45) is 2.79. The quantitative estimate of drug-likeness (QED) is 0.707. The van der Waals surface area contributed by atoms with Gasteiger partial charge in [0.25, 0.3) is 0 Å². The summed E-state index contributed by atoms with van der Waals surface area (Å²) >= 11 is 0. The molecule has 1 saturated heterocycles. The molecule has 2 amide bonds. The lowest BCUT2D eigenvalue weighted by molar-refractivity contribution is -0.125. The molecule has 3 N–H and O–H groups in total. The zero-order chi connectivity index (χ0) is 19.4. The molecular formula is C19H26N6O2. The van der Waals surface area contributed by atoms with E-state index in [1.807, 2.05) is 39.0 Å². The van der Waals surface area contributed by atoms with Crippen LogP contribution in [0.3, 0.4) is 0 Å². The highest BCUT2D eigenvalue weighted by atomic mass is 16.2. The normalized spacial score (nSPS) is 19.6. The van der Waals surface area contributed by atoms with Crippen LogP contribution in [0.1, 0.15) is 48.7 Å². The molecule has 2 atom stereocenters. The molecule has 1 fully saturated rings. The Kier molecular flexibility index (Phi) is 5.85. The second kappa shape index (κ2) is 8.30. The maximum Gasteiger partial charge on any atom is 0.224 e. The van der Waals surface area contributed by atoms with E-state index in [0.717, 1.165) is 22.6 Å². The van der Waals surface area contributed by atoms with Gasteiger partial charge in [-0.2, -0.15) is 5.10 Å². The molecule has 2 aromatic heterocycles. The molecule has 1 aliphatic heterocycles. The summed E-state index contributed by atoms with van der Waals surface area (Å²) in [5.74, 6) is -0.0147. The summed E-state index contributed by atoms with van der Waals surface area (Å²) in [4.78, 5) is 28.2. The average molecular weight is 370 g/mol. The number of nitrogens with zero attached hydrogens (tertiary/aromatic N) is 3. The van der Waals surface area contributed by atoms with Gasteiger partial charge in [0.1, 0.15) is 0 Å². The van der Waals surface area contributed by atoms with Crippen LogP contribution >= 0.6 is 0 Å². The molecule has 2 unspecified atom stereocenters. The molecule has 27 heavy (non-hydrogen) atoms. The number of rotatable bonds is 6. The van der Waals surface area contributed by atoms with Crippen molar-refractivity contribution in [2.24, 2.45) is 0 Å². The largest absolute Gasteiger partial charge is 0.350 e. The summed E-state index contributed by atoms with van der Waals surface area (Å²) in [5.41, 5.74) is 3.70. The van der Waals surface area contributed by atoms with Gasteiger partial charge in [0.2, 0.25) is 11.8 Å². The van der Waals surface area contributed by atoms with E-state index in [1.54, 1.807) is 10.9 Å². The van der Waals surface area contributed by atoms with Gasteiger partial charge in [0.05, 0.1) is 17.9 Å². The van der Waals surface area contributed by atoms with Crippen molar-refractivity contribution in [2.45, 2.75) is 58.9 Å². The minimum atomic E-state index is -0.355. The molecule has 144 valence electrons. The molecule has 0 spiro atoms. The van der Waals surface area contributed by atoms with E-state index in [1.165, 1.54) is 0 Å². The Hall–Kier alpha value is -2.74. The first-order valence-electron chi connectivity index (χ1n) is 9.20. The molecule has 8 nitrogen and oxygen atoms in total. The van der Waals surface area contributed by atoms with Gasteiger partial charge in [-0.25, -0.2) is 4.68 Å². The van der Waals surface area contributed by atoms with Crippen molar-refractivity contribution in [2.75, 3.05) is 0 Å². The van der Waals surface area contributed by atoms with E-state index in [4.69, 9.17) is 0 Å². The van der Waals surface area contributed by atoms with Crippen molar-refractivity contribution < 1.29 is 9.59 Å². The van der Waals surface area contributed by atoms with Gasteiger partial charge in [-0.15, -0.1) is 0 Å². The van der Waals surface area contributed by atoms with Crippen molar-refractivity contribution in [3.8, 4) is 0 Å². The summed E-state index contributed by atoms with van der Waals surface area (Å²) in [6.45, 7) is 6.30. The fraction of sp³-hybridized carbons (Fsp3) is 0.474. The fourth-order valence-corrected chi connectivity index (χ4v) is 3.32. The number of carbonyl (C=O) groups is 2. The van der Waals surface area contributed by atoms with Gasteiger partial charge >= 0.3 is 0 Å². The number of nitrogens with one attached hydrogen (secondary N) is 3. The Balaban J connectivity index is 1.59. The van der Waals surface area contributed by atoms with Crippen molar-refractivity contribution in [1.82, 2.24) is 30.7 Å². The molecule has 1 aliphatic rings. The van der Waals surface area contributed by atoms with E-state index in [0.29, 0.717) is 25.8 Å². The third-order valence-corrected chi connectivity index (χ3v) is 4.75. The molecule has 0 saturated carbocycles. The van der Waals surface area contributed by atoms with Gasteiger partial charge < -0.3 is 10.6 Å². The van der Waals surface area contributed by atoms with Crippen molar-refractivity contribution in [1.29, 1.82) is 0 Å². The van der Waals surface area contributed by atoms with Crippen LogP contribution in [0.4, 0.5) is 0 Å². The molecule has 2 aromatic rings. The maximum atomic E-state index is 12.2. The Morgan fingerprint density at radius 3 is 2.89 bits per heavy atom. The zero-order valence-electron chi connectivity index (χ0n) is 16.0. The van der Waals surface area contributed by atoms with Gasteiger partial charge in [-0.3, -0.25) is 19.9 Å². The van der Waals surface area contributed by atoms with E-state index in [9.17, 15) is 9.59 Å². The standard InChI is InChI=1S/C19H26N6O2/c1-12-10-18(27)23-19(22-12)25-14(3)16(13(2)24-25)7-8-17(26)21-11-15-6-4-5-9-20-15/h4-6,9,12,19,22H,7-8,10-11H2,1-3H3,(H,21,26)(H,23,27). The topological polar surface area (TPSA) is 101 Å². The van der Waals surface area contributed by atoms with Crippen LogP contribution in [0.25, 0.3) is 0 Å². The lowest BCUT2D eigenvalue weighted by Crippen LogP contribution is -2.52. The van der Waals surface area contributed by atoms with E-state index in [-0.39, 0.29) is 24.1 Å². The van der Waals surface area contributed by atoms with Gasteiger partial charge in [0.15, 0.2) is 6.29 Å². The SMILES string of the molecule is Cc1nn(C2NC(=O)CC(C)N2)c(C)c1CCC(=O)NCc1ccccn1. The van der Waals surface area contributed by atoms with Crippen LogP contribution in [-0.2, 0) is 22.6 Å². The molecule has 0 radical (unpaired) electrons. The Morgan fingerprint density at radius 2 is 2.19 bits per heavy atom. The van der Waals surface area contributed by atoms with Crippen LogP contribution in [-0.4, -0.2) is 32.6 Å². The average Bonchev–Trinajstić information content (AvgIpc) is 2.92. The second-order valence-electron chi connectivity index (χ2n) is 6.93. The number of hydrogen-bond donors (Lipinski definition) is 3. The maximum absolute atomic E-state index is 12.2. The highest BCUT2D eigenvalue weighted by molar-refractivity contribution is 5.77. The lowest BCUT2D eigenvalue weighted by atomic mass is 10.1. The van der Waals surface area contributed by atoms with E-state index >= 15 is 0 Å². The molecule has 0 bridgehead atoms. The highest BCUT2D eigenvalue weighted by Crippen LogP contribution is 2.19. The minimum absolute atomic E-state index is 0.00857. The summed E-state index contributed by atoms with van der Waals surface area (Å²) in [6, 6.07) is 5.71. The molecule has 3 rings (SSSR count). The van der Waals surface area contributed by atoms with Crippen molar-refractivity contribution in [3.63, 3.8) is 0 Å². The third-order valence-electron chi connectivity index (χ3n) is 4.75. The molecule has 8 heteroatoms. The van der Waals surface area contributed by atoms with Crippen LogP contribution < -0.4 is 16.0 Å². The second-order valence-corrected chi connectivity index (χ2v) is 6.93. The number of aryl methyl sites for hydroxylation is 1. The summed E-state index contributed by atoms with van der Waals surface area (Å²) < 4.78 is 1.80. The molecular weight excluding hydrogens is 344 g/mol. The predicted molar refractivity (Wildman–Crippen MR) is 101 cm³/mol. The predicted octanol–water partition coefficient (Wildman–Crippen LogP) is 1.10. The van der Waals surface area contributed by atoms with Gasteiger partial charge in [0, 0.05) is 30.8 Å². The Labute approximate surface area is 158 Å². The first-order valence-corrected chi connectivity index (χ1v) is 9.20. The number of carbonyl (C=O) groups excluding carboxylic acids is 2. The van der Waals surface area contributed by atoms with E-state index < -0.39 is 0 Å². The zero-order valence-corrected chi connectivity index (χ0v) is 16.0.